The highest BCUT2D eigenvalue weighted by atomic mass is 32.1. The van der Waals surface area contributed by atoms with Gasteiger partial charge in [-0.15, -0.1) is 11.3 Å². The van der Waals surface area contributed by atoms with Crippen LogP contribution >= 0.6 is 11.3 Å². The van der Waals surface area contributed by atoms with Crippen molar-refractivity contribution < 1.29 is 8.99 Å². The Bertz CT molecular complexity index is 3270. The Kier molecular flexibility index (Phi) is 6.87. The maximum absolute atomic E-state index is 6.53. The highest BCUT2D eigenvalue weighted by Crippen LogP contribution is 2.46. The smallest absolute Gasteiger partial charge is 0.289 e. The molecule has 0 saturated carbocycles. The van der Waals surface area contributed by atoms with Crippen LogP contribution in [-0.2, 0) is 0 Å². The predicted molar refractivity (Wildman–Crippen MR) is 234 cm³/mol. The van der Waals surface area contributed by atoms with Crippen LogP contribution in [0.25, 0.3) is 75.9 Å². The minimum absolute atomic E-state index is 0.0730. The summed E-state index contributed by atoms with van der Waals surface area (Å²) in [6, 6.07) is 57.3. The summed E-state index contributed by atoms with van der Waals surface area (Å²) in [6.07, 6.45) is 5.62. The number of nitrogens with zero attached hydrogens (tertiary/aromatic N) is 2. The molecule has 0 fully saturated rings. The van der Waals surface area contributed by atoms with E-state index in [2.05, 4.69) is 191 Å². The zero-order valence-corrected chi connectivity index (χ0v) is 31.6. The van der Waals surface area contributed by atoms with E-state index in [0.717, 1.165) is 51.3 Å². The highest BCUT2D eigenvalue weighted by molar-refractivity contribution is 7.25. The molecule has 1 N–H and O–H groups in total. The topological polar surface area (TPSA) is 33.1 Å². The molecular formula is C51H36N3OS+. The van der Waals surface area contributed by atoms with Crippen molar-refractivity contribution in [1.29, 1.82) is 0 Å². The normalized spacial score (nSPS) is 16.6. The molecule has 4 heterocycles. The first-order chi connectivity index (χ1) is 27.7. The summed E-state index contributed by atoms with van der Waals surface area (Å²) in [4.78, 5) is 0. The van der Waals surface area contributed by atoms with E-state index in [1.165, 1.54) is 58.9 Å². The summed E-state index contributed by atoms with van der Waals surface area (Å²) in [5.41, 5.74) is 12.7. The lowest BCUT2D eigenvalue weighted by atomic mass is 9.90. The molecule has 1 aliphatic heterocycles. The maximum atomic E-state index is 6.53. The summed E-state index contributed by atoms with van der Waals surface area (Å²) in [6.45, 7) is 2.36. The number of rotatable bonds is 5. The van der Waals surface area contributed by atoms with Crippen LogP contribution in [-0.4, -0.2) is 15.0 Å². The third kappa shape index (κ3) is 4.68. The van der Waals surface area contributed by atoms with Crippen LogP contribution in [0.2, 0.25) is 0 Å². The number of thiophene rings is 1. The monoisotopic (exact) mass is 738 g/mol. The standard InChI is InChI=1S/C51H35N3OS/c1-31-14-12-22-42-48(31)41-29-40-37-19-8-10-23-44(37)55-45(40)30-43(41)53(42)35-26-34(32-15-4-2-5-16-32)27-36(28-35)54-50(33-17-6-3-7-18-33)52-51(54)39-21-13-25-47-49(39)38-20-9-11-24-46(38)56-47/h2-13,15-31,51H,14H2,1H3/p+1. The Hall–Kier alpha value is -6.69. The lowest BCUT2D eigenvalue weighted by Crippen LogP contribution is -2.51. The van der Waals surface area contributed by atoms with Crippen molar-refractivity contribution in [2.75, 3.05) is 0 Å². The van der Waals surface area contributed by atoms with E-state index in [4.69, 9.17) is 4.42 Å². The Morgan fingerprint density at radius 2 is 1.39 bits per heavy atom. The molecule has 0 spiro atoms. The second-order valence-electron chi connectivity index (χ2n) is 15.2. The van der Waals surface area contributed by atoms with E-state index in [-0.39, 0.29) is 6.17 Å². The van der Waals surface area contributed by atoms with E-state index in [9.17, 15) is 0 Å². The van der Waals surface area contributed by atoms with Gasteiger partial charge in [0.2, 0.25) is 0 Å². The van der Waals surface area contributed by atoms with Gasteiger partial charge in [-0.2, -0.15) is 4.58 Å². The van der Waals surface area contributed by atoms with E-state index in [1.54, 1.807) is 0 Å². The van der Waals surface area contributed by atoms with Crippen LogP contribution in [0.4, 0.5) is 5.69 Å². The molecule has 2 atom stereocenters. The summed E-state index contributed by atoms with van der Waals surface area (Å²) in [5, 5.41) is 10.2. The van der Waals surface area contributed by atoms with Crippen molar-refractivity contribution in [3.63, 3.8) is 0 Å². The van der Waals surface area contributed by atoms with Crippen LogP contribution in [0, 0.1) is 0 Å². The number of hydrogen-bond acceptors (Lipinski definition) is 3. The molecule has 5 heteroatoms. The molecule has 1 aliphatic carbocycles. The zero-order valence-electron chi connectivity index (χ0n) is 30.7. The van der Waals surface area contributed by atoms with Gasteiger partial charge in [-0.05, 0) is 89.7 Å². The Morgan fingerprint density at radius 1 is 0.643 bits per heavy atom. The third-order valence-electron chi connectivity index (χ3n) is 11.9. The van der Waals surface area contributed by atoms with Crippen LogP contribution in [0.5, 0.6) is 0 Å². The minimum atomic E-state index is -0.0730. The number of furan rings is 1. The molecule has 4 nitrogen and oxygen atoms in total. The molecular weight excluding hydrogens is 703 g/mol. The van der Waals surface area contributed by atoms with Crippen molar-refractivity contribution in [3.05, 3.63) is 186 Å². The molecule has 3 aromatic heterocycles. The van der Waals surface area contributed by atoms with E-state index < -0.39 is 0 Å². The number of nitrogens with one attached hydrogen (secondary N) is 1. The fourth-order valence-corrected chi connectivity index (χ4v) is 10.5. The average molecular weight is 739 g/mol. The number of hydrogen-bond donors (Lipinski definition) is 1. The highest BCUT2D eigenvalue weighted by Gasteiger charge is 2.42. The largest absolute Gasteiger partial charge is 0.456 e. The van der Waals surface area contributed by atoms with Crippen LogP contribution in [0.15, 0.2) is 168 Å². The quantitative estimate of drug-likeness (QED) is 0.178. The number of aromatic nitrogens is 1. The third-order valence-corrected chi connectivity index (χ3v) is 13.0. The summed E-state index contributed by atoms with van der Waals surface area (Å²) in [7, 11) is 0. The molecule has 0 bridgehead atoms. The SMILES string of the molecule is CC1CC=Cc2c1c1cc3c(cc1n2-c1cc(-c2ccccc2)cc([N+]2=C(c4ccccc4)NC2c2cccc4sc5ccccc5c24)c1)oc1ccccc13. The maximum Gasteiger partial charge on any atom is 0.289 e. The van der Waals surface area contributed by atoms with E-state index in [0.29, 0.717) is 5.92 Å². The second kappa shape index (κ2) is 12.2. The molecule has 0 radical (unpaired) electrons. The number of amidine groups is 1. The van der Waals surface area contributed by atoms with Gasteiger partial charge in [0.15, 0.2) is 0 Å². The van der Waals surface area contributed by atoms with Crippen molar-refractivity contribution in [2.45, 2.75) is 25.4 Å². The van der Waals surface area contributed by atoms with Gasteiger partial charge in [0.25, 0.3) is 12.0 Å². The molecule has 2 aliphatic rings. The number of fused-ring (bicyclic) bond motifs is 9. The van der Waals surface area contributed by atoms with Gasteiger partial charge in [-0.25, -0.2) is 5.32 Å². The van der Waals surface area contributed by atoms with Gasteiger partial charge < -0.3 is 8.98 Å². The van der Waals surface area contributed by atoms with Crippen molar-refractivity contribution in [1.82, 2.24) is 9.88 Å². The van der Waals surface area contributed by atoms with Gasteiger partial charge in [-0.3, -0.25) is 0 Å². The molecule has 56 heavy (non-hydrogen) atoms. The van der Waals surface area contributed by atoms with Crippen molar-refractivity contribution >= 4 is 81.9 Å². The van der Waals surface area contributed by atoms with Crippen LogP contribution < -0.4 is 5.32 Å². The van der Waals surface area contributed by atoms with Gasteiger partial charge >= 0.3 is 0 Å². The first-order valence-electron chi connectivity index (χ1n) is 19.4. The molecule has 266 valence electrons. The molecule has 7 aromatic carbocycles. The lowest BCUT2D eigenvalue weighted by Gasteiger charge is -2.30. The van der Waals surface area contributed by atoms with Crippen LogP contribution in [0.1, 0.15) is 47.8 Å². The first-order valence-corrected chi connectivity index (χ1v) is 20.2. The summed E-state index contributed by atoms with van der Waals surface area (Å²) < 4.78 is 14.1. The van der Waals surface area contributed by atoms with Gasteiger partial charge in [0, 0.05) is 54.2 Å². The number of benzene rings is 7. The average Bonchev–Trinajstić information content (AvgIpc) is 3.90. The summed E-state index contributed by atoms with van der Waals surface area (Å²) >= 11 is 1.87. The Labute approximate surface area is 327 Å². The molecule has 12 rings (SSSR count). The van der Waals surface area contributed by atoms with Gasteiger partial charge in [-0.1, -0.05) is 104 Å². The van der Waals surface area contributed by atoms with Crippen molar-refractivity contribution in [2.24, 2.45) is 0 Å². The molecule has 10 aromatic rings. The molecule has 2 unspecified atom stereocenters. The minimum Gasteiger partial charge on any atom is -0.456 e. The first kappa shape index (κ1) is 31.6. The van der Waals surface area contributed by atoms with Gasteiger partial charge in [0.05, 0.1) is 22.3 Å². The molecule has 0 saturated heterocycles. The Morgan fingerprint density at radius 3 is 2.25 bits per heavy atom. The van der Waals surface area contributed by atoms with E-state index >= 15 is 0 Å². The number of para-hydroxylation sites is 1. The molecule has 0 amide bonds. The van der Waals surface area contributed by atoms with E-state index in [1.807, 2.05) is 11.3 Å². The fourth-order valence-electron chi connectivity index (χ4n) is 9.34. The van der Waals surface area contributed by atoms with Crippen molar-refractivity contribution in [3.8, 4) is 16.8 Å². The Balaban J connectivity index is 1.15. The number of allylic oxidation sites excluding steroid dienone is 1. The second-order valence-corrected chi connectivity index (χ2v) is 16.3. The lowest BCUT2D eigenvalue weighted by molar-refractivity contribution is -0.530. The summed E-state index contributed by atoms with van der Waals surface area (Å²) in [5.74, 6) is 1.48. The predicted octanol–water partition coefficient (Wildman–Crippen LogP) is 13.5. The van der Waals surface area contributed by atoms with Crippen LogP contribution in [0.3, 0.4) is 0 Å². The van der Waals surface area contributed by atoms with Gasteiger partial charge in [0.1, 0.15) is 16.9 Å². The fraction of sp³-hybridized carbons (Fsp3) is 0.0784. The zero-order chi connectivity index (χ0) is 36.9.